The van der Waals surface area contributed by atoms with E-state index in [1.807, 2.05) is 18.2 Å². The minimum atomic E-state index is -0.308. The molecule has 2 heterocycles. The van der Waals surface area contributed by atoms with Crippen LogP contribution in [0.5, 0.6) is 0 Å². The second-order valence-electron chi connectivity index (χ2n) is 6.65. The van der Waals surface area contributed by atoms with Crippen LogP contribution in [0, 0.1) is 5.82 Å². The topological polar surface area (TPSA) is 45.2 Å². The van der Waals surface area contributed by atoms with Crippen LogP contribution >= 0.6 is 11.3 Å². The third-order valence-electron chi connectivity index (χ3n) is 4.66. The number of piperidine rings is 1. The maximum Gasteiger partial charge on any atom is 0.238 e. The molecule has 1 atom stereocenters. The molecule has 0 spiro atoms. The molecule has 134 valence electrons. The summed E-state index contributed by atoms with van der Waals surface area (Å²) in [5.41, 5.74) is 1.68. The summed E-state index contributed by atoms with van der Waals surface area (Å²) in [5, 5.41) is 3.99. The van der Waals surface area contributed by atoms with Crippen molar-refractivity contribution in [2.24, 2.45) is 0 Å². The highest BCUT2D eigenvalue weighted by Gasteiger charge is 2.25. The van der Waals surface area contributed by atoms with Gasteiger partial charge in [0.2, 0.25) is 5.91 Å². The first-order valence-electron chi connectivity index (χ1n) is 8.80. The van der Waals surface area contributed by atoms with Gasteiger partial charge in [-0.3, -0.25) is 9.69 Å². The molecule has 0 unspecified atom stereocenters. The summed E-state index contributed by atoms with van der Waals surface area (Å²) in [7, 11) is 0. The van der Waals surface area contributed by atoms with Gasteiger partial charge >= 0.3 is 0 Å². The Morgan fingerprint density at radius 2 is 2.04 bits per heavy atom. The van der Waals surface area contributed by atoms with E-state index in [1.54, 1.807) is 23.5 Å². The monoisotopic (exact) mass is 369 g/mol. The van der Waals surface area contributed by atoms with Crippen LogP contribution in [0.4, 0.5) is 10.1 Å². The lowest BCUT2D eigenvalue weighted by molar-refractivity contribution is -0.117. The van der Waals surface area contributed by atoms with Crippen LogP contribution in [0.25, 0.3) is 10.2 Å². The molecule has 4 nitrogen and oxygen atoms in total. The summed E-state index contributed by atoms with van der Waals surface area (Å²) in [6, 6.07) is 14.1. The van der Waals surface area contributed by atoms with Gasteiger partial charge in [0, 0.05) is 18.2 Å². The lowest BCUT2D eigenvalue weighted by atomic mass is 9.99. The van der Waals surface area contributed by atoms with E-state index >= 15 is 0 Å². The number of thiazole rings is 1. The van der Waals surface area contributed by atoms with E-state index in [4.69, 9.17) is 4.98 Å². The van der Waals surface area contributed by atoms with Crippen LogP contribution in [-0.2, 0) is 4.79 Å². The fourth-order valence-corrected chi connectivity index (χ4v) is 4.50. The van der Waals surface area contributed by atoms with E-state index in [9.17, 15) is 9.18 Å². The summed E-state index contributed by atoms with van der Waals surface area (Å²) in [5.74, 6) is -0.000893. The predicted molar refractivity (Wildman–Crippen MR) is 103 cm³/mol. The van der Waals surface area contributed by atoms with Crippen molar-refractivity contribution in [2.45, 2.75) is 18.8 Å². The number of amides is 1. The molecule has 3 aromatic rings. The molecule has 0 aliphatic carbocycles. The highest BCUT2D eigenvalue weighted by atomic mass is 32.1. The van der Waals surface area contributed by atoms with Crippen molar-refractivity contribution in [1.29, 1.82) is 0 Å². The molecule has 2 aromatic carbocycles. The van der Waals surface area contributed by atoms with Gasteiger partial charge in [-0.1, -0.05) is 12.1 Å². The number of fused-ring (bicyclic) bond motifs is 1. The number of nitrogens with one attached hydrogen (secondary N) is 1. The van der Waals surface area contributed by atoms with Crippen molar-refractivity contribution in [3.63, 3.8) is 0 Å². The van der Waals surface area contributed by atoms with Crippen molar-refractivity contribution < 1.29 is 9.18 Å². The Morgan fingerprint density at radius 3 is 2.85 bits per heavy atom. The molecule has 1 aliphatic rings. The third-order valence-corrected chi connectivity index (χ3v) is 5.86. The highest BCUT2D eigenvalue weighted by Crippen LogP contribution is 2.32. The number of rotatable bonds is 4. The number of likely N-dealkylation sites (tertiary alicyclic amines) is 1. The number of aromatic nitrogens is 1. The van der Waals surface area contributed by atoms with Gasteiger partial charge in [0.05, 0.1) is 21.8 Å². The average molecular weight is 369 g/mol. The summed E-state index contributed by atoms with van der Waals surface area (Å²) in [4.78, 5) is 19.3. The molecule has 0 radical (unpaired) electrons. The van der Waals surface area contributed by atoms with Crippen molar-refractivity contribution in [3.8, 4) is 0 Å². The van der Waals surface area contributed by atoms with Crippen LogP contribution in [0.3, 0.4) is 0 Å². The van der Waals surface area contributed by atoms with E-state index in [2.05, 4.69) is 16.3 Å². The number of hydrogen-bond acceptors (Lipinski definition) is 4. The van der Waals surface area contributed by atoms with Crippen LogP contribution in [0.15, 0.2) is 48.5 Å². The first-order valence-corrected chi connectivity index (χ1v) is 9.62. The van der Waals surface area contributed by atoms with Crippen LogP contribution in [0.1, 0.15) is 23.8 Å². The Morgan fingerprint density at radius 1 is 1.23 bits per heavy atom. The van der Waals surface area contributed by atoms with Crippen LogP contribution in [-0.4, -0.2) is 35.4 Å². The Kier molecular flexibility index (Phi) is 4.95. The standard InChI is InChI=1S/C20H20FN3OS/c21-15-7-9-16(10-8-15)22-19(25)13-24-11-3-4-14(12-24)20-23-17-5-1-2-6-18(17)26-20/h1-2,5-10,14H,3-4,11-13H2,(H,22,25)/t14-/m0/s1. The zero-order chi connectivity index (χ0) is 17.9. The molecular formula is C20H20FN3OS. The fraction of sp³-hybridized carbons (Fsp3) is 0.300. The van der Waals surface area contributed by atoms with E-state index in [-0.39, 0.29) is 11.7 Å². The van der Waals surface area contributed by atoms with E-state index < -0.39 is 0 Å². The third kappa shape index (κ3) is 3.92. The average Bonchev–Trinajstić information content (AvgIpc) is 3.08. The molecule has 1 amide bonds. The van der Waals surface area contributed by atoms with E-state index in [0.717, 1.165) is 36.5 Å². The van der Waals surface area contributed by atoms with Gasteiger partial charge in [0.15, 0.2) is 0 Å². The smallest absolute Gasteiger partial charge is 0.238 e. The summed E-state index contributed by atoms with van der Waals surface area (Å²) >= 11 is 1.75. The molecule has 1 saturated heterocycles. The van der Waals surface area contributed by atoms with Crippen molar-refractivity contribution >= 4 is 33.1 Å². The Balaban J connectivity index is 1.38. The zero-order valence-corrected chi connectivity index (χ0v) is 15.1. The van der Waals surface area contributed by atoms with E-state index in [0.29, 0.717) is 18.2 Å². The molecule has 1 fully saturated rings. The number of benzene rings is 2. The normalized spacial score (nSPS) is 18.1. The SMILES string of the molecule is O=C(CN1CCC[C@H](c2nc3ccccc3s2)C1)Nc1ccc(F)cc1. The van der Waals surface area contributed by atoms with Crippen molar-refractivity contribution in [1.82, 2.24) is 9.88 Å². The number of halogens is 1. The maximum absolute atomic E-state index is 13.0. The predicted octanol–water partition coefficient (Wildman–Crippen LogP) is 4.25. The minimum Gasteiger partial charge on any atom is -0.325 e. The highest BCUT2D eigenvalue weighted by molar-refractivity contribution is 7.18. The quantitative estimate of drug-likeness (QED) is 0.748. The lowest BCUT2D eigenvalue weighted by Gasteiger charge is -2.31. The molecule has 6 heteroatoms. The molecule has 4 rings (SSSR count). The van der Waals surface area contributed by atoms with Crippen molar-refractivity contribution in [2.75, 3.05) is 25.0 Å². The number of para-hydroxylation sites is 1. The first-order chi connectivity index (χ1) is 12.7. The van der Waals surface area contributed by atoms with Gasteiger partial charge < -0.3 is 5.32 Å². The minimum absolute atomic E-state index is 0.0680. The first kappa shape index (κ1) is 17.1. The second-order valence-corrected chi connectivity index (χ2v) is 7.71. The molecule has 1 N–H and O–H groups in total. The number of carbonyl (C=O) groups is 1. The molecule has 1 aromatic heterocycles. The molecule has 0 bridgehead atoms. The van der Waals surface area contributed by atoms with Gasteiger partial charge in [-0.2, -0.15) is 0 Å². The fourth-order valence-electron chi connectivity index (χ4n) is 3.40. The van der Waals surface area contributed by atoms with Crippen molar-refractivity contribution in [3.05, 3.63) is 59.4 Å². The zero-order valence-electron chi connectivity index (χ0n) is 14.3. The van der Waals surface area contributed by atoms with Gasteiger partial charge in [0.25, 0.3) is 0 Å². The van der Waals surface area contributed by atoms with E-state index in [1.165, 1.54) is 16.8 Å². The molecule has 0 saturated carbocycles. The number of hydrogen-bond donors (Lipinski definition) is 1. The summed E-state index contributed by atoms with van der Waals surface area (Å²) < 4.78 is 14.2. The largest absolute Gasteiger partial charge is 0.325 e. The molecular weight excluding hydrogens is 349 g/mol. The maximum atomic E-state index is 13.0. The van der Waals surface area contributed by atoms with Crippen LogP contribution < -0.4 is 5.32 Å². The Hall–Kier alpha value is -2.31. The summed E-state index contributed by atoms with van der Waals surface area (Å²) in [6.45, 7) is 2.10. The Labute approximate surface area is 155 Å². The number of anilines is 1. The second kappa shape index (κ2) is 7.51. The molecule has 1 aliphatic heterocycles. The number of nitrogens with zero attached hydrogens (tertiary/aromatic N) is 2. The number of carbonyl (C=O) groups excluding carboxylic acids is 1. The van der Waals surface area contributed by atoms with Gasteiger partial charge in [-0.05, 0) is 55.8 Å². The molecule has 26 heavy (non-hydrogen) atoms. The Bertz CT molecular complexity index is 876. The van der Waals surface area contributed by atoms with Gasteiger partial charge in [-0.15, -0.1) is 11.3 Å². The summed E-state index contributed by atoms with van der Waals surface area (Å²) in [6.07, 6.45) is 2.17. The van der Waals surface area contributed by atoms with Crippen LogP contribution in [0.2, 0.25) is 0 Å². The lowest BCUT2D eigenvalue weighted by Crippen LogP contribution is -2.39. The van der Waals surface area contributed by atoms with Gasteiger partial charge in [0.1, 0.15) is 5.82 Å². The van der Waals surface area contributed by atoms with Gasteiger partial charge in [-0.25, -0.2) is 9.37 Å².